The number of carbonyl (C=O) groups is 1. The lowest BCUT2D eigenvalue weighted by Gasteiger charge is -2.46. The molecular formula is C17H19NO2. The molecule has 1 aromatic carbocycles. The number of pyridine rings is 1. The van der Waals surface area contributed by atoms with Crippen molar-refractivity contribution in [3.63, 3.8) is 0 Å². The Morgan fingerprint density at radius 3 is 2.75 bits per heavy atom. The molecule has 1 atom stereocenters. The molecule has 0 radical (unpaired) electrons. The Hall–Kier alpha value is -1.90. The van der Waals surface area contributed by atoms with Gasteiger partial charge < -0.3 is 4.74 Å². The second-order valence-electron chi connectivity index (χ2n) is 5.46. The van der Waals surface area contributed by atoms with Gasteiger partial charge in [0.15, 0.2) is 0 Å². The molecule has 0 spiro atoms. The van der Waals surface area contributed by atoms with E-state index in [2.05, 4.69) is 18.8 Å². The number of carbonyl (C=O) groups excluding carboxylic acids is 1. The van der Waals surface area contributed by atoms with Crippen LogP contribution in [0.1, 0.15) is 33.1 Å². The minimum atomic E-state index is -0.286. The Morgan fingerprint density at radius 2 is 2.05 bits per heavy atom. The fourth-order valence-electron chi connectivity index (χ4n) is 3.15. The van der Waals surface area contributed by atoms with Gasteiger partial charge >= 0.3 is 0 Å². The number of Topliss-reactive ketones (excluding diaryl/α,β-unsaturated/α-hetero) is 1. The summed E-state index contributed by atoms with van der Waals surface area (Å²) in [5.41, 5.74) is 0.674. The van der Waals surface area contributed by atoms with Crippen molar-refractivity contribution in [1.29, 1.82) is 0 Å². The van der Waals surface area contributed by atoms with Gasteiger partial charge in [-0.15, -0.1) is 0 Å². The van der Waals surface area contributed by atoms with E-state index < -0.39 is 0 Å². The maximum atomic E-state index is 11.9. The van der Waals surface area contributed by atoms with E-state index in [0.29, 0.717) is 12.2 Å². The van der Waals surface area contributed by atoms with Crippen LogP contribution in [-0.2, 0) is 4.79 Å². The Bertz CT molecular complexity index is 646. The van der Waals surface area contributed by atoms with Crippen molar-refractivity contribution < 1.29 is 9.53 Å². The van der Waals surface area contributed by atoms with Gasteiger partial charge in [-0.1, -0.05) is 32.0 Å². The maximum Gasteiger partial charge on any atom is 0.146 e. The lowest BCUT2D eigenvalue weighted by Crippen LogP contribution is -2.56. The van der Waals surface area contributed by atoms with Gasteiger partial charge in [0.2, 0.25) is 0 Å². The van der Waals surface area contributed by atoms with Gasteiger partial charge in [0.1, 0.15) is 17.6 Å². The van der Waals surface area contributed by atoms with E-state index in [1.807, 2.05) is 30.3 Å². The van der Waals surface area contributed by atoms with Crippen molar-refractivity contribution in [2.75, 3.05) is 0 Å². The normalized spacial score (nSPS) is 20.7. The summed E-state index contributed by atoms with van der Waals surface area (Å²) in [5.74, 6) is 1.09. The predicted molar refractivity (Wildman–Crippen MR) is 78.8 cm³/mol. The third-order valence-corrected chi connectivity index (χ3v) is 4.65. The number of benzene rings is 1. The lowest BCUT2D eigenvalue weighted by molar-refractivity contribution is -0.153. The van der Waals surface area contributed by atoms with Gasteiger partial charge in [0.25, 0.3) is 0 Å². The first-order valence-electron chi connectivity index (χ1n) is 7.24. The number of aromatic nitrogens is 1. The van der Waals surface area contributed by atoms with Gasteiger partial charge in [-0.25, -0.2) is 0 Å². The smallest absolute Gasteiger partial charge is 0.146 e. The number of rotatable bonds is 4. The zero-order chi connectivity index (χ0) is 14.2. The second kappa shape index (κ2) is 4.89. The highest BCUT2D eigenvalue weighted by Gasteiger charge is 2.53. The number of fused-ring (bicyclic) bond motifs is 1. The molecule has 3 rings (SSSR count). The number of nitrogens with zero attached hydrogens (tertiary/aromatic N) is 1. The minimum absolute atomic E-state index is 0.00652. The average molecular weight is 269 g/mol. The van der Waals surface area contributed by atoms with Crippen LogP contribution in [0.25, 0.3) is 10.9 Å². The quantitative estimate of drug-likeness (QED) is 0.848. The van der Waals surface area contributed by atoms with E-state index in [0.717, 1.165) is 29.5 Å². The van der Waals surface area contributed by atoms with Gasteiger partial charge in [0.05, 0.1) is 17.1 Å². The van der Waals surface area contributed by atoms with Crippen molar-refractivity contribution in [3.05, 3.63) is 36.5 Å². The molecule has 0 saturated heterocycles. The summed E-state index contributed by atoms with van der Waals surface area (Å²) in [5, 5.41) is 1.06. The van der Waals surface area contributed by atoms with Crippen molar-refractivity contribution in [1.82, 2.24) is 4.98 Å². The van der Waals surface area contributed by atoms with Gasteiger partial charge in [-0.2, -0.15) is 0 Å². The summed E-state index contributed by atoms with van der Waals surface area (Å²) in [4.78, 5) is 16.3. The first kappa shape index (κ1) is 13.1. The monoisotopic (exact) mass is 269 g/mol. The molecule has 0 aliphatic heterocycles. The van der Waals surface area contributed by atoms with E-state index in [1.165, 1.54) is 0 Å². The summed E-state index contributed by atoms with van der Waals surface area (Å²) in [6.07, 6.45) is 3.95. The zero-order valence-electron chi connectivity index (χ0n) is 11.9. The molecule has 1 unspecified atom stereocenters. The number of ketones is 1. The highest BCUT2D eigenvalue weighted by atomic mass is 16.5. The molecule has 3 nitrogen and oxygen atoms in total. The molecule has 0 amide bonds. The van der Waals surface area contributed by atoms with Crippen molar-refractivity contribution in [3.8, 4) is 5.75 Å². The van der Waals surface area contributed by atoms with Gasteiger partial charge in [-0.3, -0.25) is 9.78 Å². The first-order valence-corrected chi connectivity index (χ1v) is 7.24. The SMILES string of the molecule is CCC1(CC)C(=O)CC1Oc1cnc2ccccc2c1. The van der Waals surface area contributed by atoms with Crippen LogP contribution >= 0.6 is 0 Å². The summed E-state index contributed by atoms with van der Waals surface area (Å²) < 4.78 is 6.04. The molecule has 1 aromatic heterocycles. The summed E-state index contributed by atoms with van der Waals surface area (Å²) in [7, 11) is 0. The topological polar surface area (TPSA) is 39.2 Å². The molecular weight excluding hydrogens is 250 g/mol. The van der Waals surface area contributed by atoms with E-state index in [9.17, 15) is 4.79 Å². The number of hydrogen-bond donors (Lipinski definition) is 0. The van der Waals surface area contributed by atoms with Crippen LogP contribution in [0.2, 0.25) is 0 Å². The highest BCUT2D eigenvalue weighted by Crippen LogP contribution is 2.45. The Labute approximate surface area is 119 Å². The van der Waals surface area contributed by atoms with Crippen molar-refractivity contribution in [2.24, 2.45) is 5.41 Å². The molecule has 104 valence electrons. The molecule has 1 heterocycles. The largest absolute Gasteiger partial charge is 0.487 e. The predicted octanol–water partition coefficient (Wildman–Crippen LogP) is 3.76. The van der Waals surface area contributed by atoms with Crippen LogP contribution in [0.3, 0.4) is 0 Å². The van der Waals surface area contributed by atoms with E-state index in [1.54, 1.807) is 6.20 Å². The van der Waals surface area contributed by atoms with Crippen LogP contribution in [0, 0.1) is 5.41 Å². The van der Waals surface area contributed by atoms with Gasteiger partial charge in [0, 0.05) is 11.8 Å². The van der Waals surface area contributed by atoms with Crippen LogP contribution < -0.4 is 4.74 Å². The minimum Gasteiger partial charge on any atom is -0.487 e. The molecule has 1 fully saturated rings. The lowest BCUT2D eigenvalue weighted by atomic mass is 9.61. The molecule has 3 heteroatoms. The fraction of sp³-hybridized carbons (Fsp3) is 0.412. The zero-order valence-corrected chi connectivity index (χ0v) is 11.9. The molecule has 20 heavy (non-hydrogen) atoms. The Morgan fingerprint density at radius 1 is 1.30 bits per heavy atom. The number of hydrogen-bond acceptors (Lipinski definition) is 3. The second-order valence-corrected chi connectivity index (χ2v) is 5.46. The molecule has 0 bridgehead atoms. The maximum absolute atomic E-state index is 11.9. The summed E-state index contributed by atoms with van der Waals surface area (Å²) in [6, 6.07) is 9.96. The first-order chi connectivity index (χ1) is 9.69. The van der Waals surface area contributed by atoms with E-state index in [4.69, 9.17) is 4.74 Å². The standard InChI is InChI=1S/C17H19NO2/c1-3-17(4-2)15(19)10-16(17)20-13-9-12-7-5-6-8-14(12)18-11-13/h5-9,11,16H,3-4,10H2,1-2H3. The number of ether oxygens (including phenoxy) is 1. The average Bonchev–Trinajstić information content (AvgIpc) is 2.48. The summed E-state index contributed by atoms with van der Waals surface area (Å²) in [6.45, 7) is 4.13. The molecule has 2 aromatic rings. The van der Waals surface area contributed by atoms with Crippen LogP contribution in [0.15, 0.2) is 36.5 Å². The molecule has 0 N–H and O–H groups in total. The van der Waals surface area contributed by atoms with E-state index >= 15 is 0 Å². The van der Waals surface area contributed by atoms with E-state index in [-0.39, 0.29) is 11.5 Å². The molecule has 1 aliphatic carbocycles. The van der Waals surface area contributed by atoms with Crippen molar-refractivity contribution >= 4 is 16.7 Å². The van der Waals surface area contributed by atoms with Crippen LogP contribution in [0.4, 0.5) is 0 Å². The fourth-order valence-corrected chi connectivity index (χ4v) is 3.15. The third-order valence-electron chi connectivity index (χ3n) is 4.65. The molecule has 1 aliphatic rings. The van der Waals surface area contributed by atoms with Crippen LogP contribution in [0.5, 0.6) is 5.75 Å². The highest BCUT2D eigenvalue weighted by molar-refractivity contribution is 5.92. The summed E-state index contributed by atoms with van der Waals surface area (Å²) >= 11 is 0. The van der Waals surface area contributed by atoms with Crippen molar-refractivity contribution in [2.45, 2.75) is 39.2 Å². The number of para-hydroxylation sites is 1. The molecule has 1 saturated carbocycles. The van der Waals surface area contributed by atoms with Gasteiger partial charge in [-0.05, 0) is 25.0 Å². The van der Waals surface area contributed by atoms with Crippen LogP contribution in [-0.4, -0.2) is 16.9 Å². The Kier molecular flexibility index (Phi) is 3.20. The third kappa shape index (κ3) is 1.89. The Balaban J connectivity index is 1.85.